The summed E-state index contributed by atoms with van der Waals surface area (Å²) in [7, 11) is 0. The summed E-state index contributed by atoms with van der Waals surface area (Å²) in [5.41, 5.74) is 1.82. The minimum Gasteiger partial charge on any atom is -0.456 e. The van der Waals surface area contributed by atoms with Crippen LogP contribution in [-0.4, -0.2) is 5.78 Å². The maximum absolute atomic E-state index is 11.6. The molecule has 0 radical (unpaired) electrons. The van der Waals surface area contributed by atoms with E-state index in [-0.39, 0.29) is 5.78 Å². The summed E-state index contributed by atoms with van der Waals surface area (Å²) in [6.45, 7) is 0. The second kappa shape index (κ2) is 4.62. The van der Waals surface area contributed by atoms with E-state index in [0.717, 1.165) is 41.6 Å². The molecule has 0 unspecified atom stereocenters. The molecule has 1 heterocycles. The Morgan fingerprint density at radius 1 is 1.11 bits per heavy atom. The lowest BCUT2D eigenvalue weighted by atomic mass is 10.1. The number of fused-ring (bicyclic) bond motifs is 1. The number of carbonyl (C=O) groups is 1. The van der Waals surface area contributed by atoms with Crippen LogP contribution in [0.5, 0.6) is 0 Å². The number of ketones is 1. The van der Waals surface area contributed by atoms with Crippen molar-refractivity contribution in [2.75, 3.05) is 0 Å². The fourth-order valence-electron chi connectivity index (χ4n) is 2.32. The van der Waals surface area contributed by atoms with Crippen LogP contribution in [0.25, 0.3) is 16.5 Å². The minimum atomic E-state index is 0.195. The molecule has 1 aliphatic rings. The molecule has 0 fully saturated rings. The summed E-state index contributed by atoms with van der Waals surface area (Å²) in [4.78, 5) is 11.6. The van der Waals surface area contributed by atoms with E-state index in [1.807, 2.05) is 24.3 Å². The standard InChI is InChI=1S/C15H13ClO2/c16-12-5-6-14-11(7-12)9-15(18-14)10-3-1-2-4-13(17)8-10/h5-9H,1-4H2. The molecule has 0 amide bonds. The normalized spacial score (nSPS) is 16.7. The number of furan rings is 1. The number of carbonyl (C=O) groups excluding carboxylic acids is 1. The van der Waals surface area contributed by atoms with Crippen LogP contribution in [0.1, 0.15) is 31.4 Å². The highest BCUT2D eigenvalue weighted by molar-refractivity contribution is 6.31. The van der Waals surface area contributed by atoms with Gasteiger partial charge in [0.2, 0.25) is 0 Å². The Morgan fingerprint density at radius 2 is 1.94 bits per heavy atom. The van der Waals surface area contributed by atoms with Crippen LogP contribution in [0.15, 0.2) is 34.8 Å². The summed E-state index contributed by atoms with van der Waals surface area (Å²) in [6.07, 6.45) is 5.28. The Hall–Kier alpha value is -1.54. The highest BCUT2D eigenvalue weighted by Gasteiger charge is 2.14. The summed E-state index contributed by atoms with van der Waals surface area (Å²) >= 11 is 5.95. The van der Waals surface area contributed by atoms with Crippen LogP contribution in [0.3, 0.4) is 0 Å². The molecule has 0 aliphatic heterocycles. The molecule has 18 heavy (non-hydrogen) atoms. The average Bonchev–Trinajstić information content (AvgIpc) is 2.63. The van der Waals surface area contributed by atoms with Gasteiger partial charge in [0.05, 0.1) is 0 Å². The Bertz CT molecular complexity index is 637. The maximum atomic E-state index is 11.6. The number of halogens is 1. The van der Waals surface area contributed by atoms with Gasteiger partial charge in [0.25, 0.3) is 0 Å². The van der Waals surface area contributed by atoms with Crippen molar-refractivity contribution < 1.29 is 9.21 Å². The first-order valence-corrected chi connectivity index (χ1v) is 6.53. The fraction of sp³-hybridized carbons (Fsp3) is 0.267. The molecule has 0 saturated carbocycles. The SMILES string of the molecule is O=C1C=C(c2cc3cc(Cl)ccc3o2)CCCC1. The zero-order chi connectivity index (χ0) is 12.5. The van der Waals surface area contributed by atoms with Crippen LogP contribution < -0.4 is 0 Å². The van der Waals surface area contributed by atoms with E-state index in [0.29, 0.717) is 11.4 Å². The van der Waals surface area contributed by atoms with Gasteiger partial charge in [-0.25, -0.2) is 0 Å². The molecule has 2 nitrogen and oxygen atoms in total. The second-order valence-electron chi connectivity index (χ2n) is 4.64. The lowest BCUT2D eigenvalue weighted by molar-refractivity contribution is -0.114. The number of rotatable bonds is 1. The molecule has 0 atom stereocenters. The van der Waals surface area contributed by atoms with Gasteiger partial charge in [-0.3, -0.25) is 4.79 Å². The van der Waals surface area contributed by atoms with E-state index in [1.54, 1.807) is 6.08 Å². The van der Waals surface area contributed by atoms with Gasteiger partial charge in [-0.2, -0.15) is 0 Å². The fourth-order valence-corrected chi connectivity index (χ4v) is 2.50. The lowest BCUT2D eigenvalue weighted by Crippen LogP contribution is -1.89. The van der Waals surface area contributed by atoms with Crippen LogP contribution in [0, 0.1) is 0 Å². The van der Waals surface area contributed by atoms with Crippen molar-refractivity contribution in [2.45, 2.75) is 25.7 Å². The van der Waals surface area contributed by atoms with E-state index < -0.39 is 0 Å². The quantitative estimate of drug-likeness (QED) is 0.749. The van der Waals surface area contributed by atoms with Crippen molar-refractivity contribution >= 4 is 33.9 Å². The highest BCUT2D eigenvalue weighted by Crippen LogP contribution is 2.30. The summed E-state index contributed by atoms with van der Waals surface area (Å²) in [5, 5.41) is 1.68. The van der Waals surface area contributed by atoms with Crippen LogP contribution in [0.2, 0.25) is 5.02 Å². The largest absolute Gasteiger partial charge is 0.456 e. The first-order chi connectivity index (χ1) is 8.72. The third-order valence-corrected chi connectivity index (χ3v) is 3.48. The number of allylic oxidation sites excluding steroid dienone is 2. The zero-order valence-corrected chi connectivity index (χ0v) is 10.7. The zero-order valence-electron chi connectivity index (χ0n) is 9.91. The topological polar surface area (TPSA) is 30.2 Å². The van der Waals surface area contributed by atoms with Gasteiger partial charge in [-0.05, 0) is 55.2 Å². The number of hydrogen-bond donors (Lipinski definition) is 0. The third kappa shape index (κ3) is 2.21. The van der Waals surface area contributed by atoms with E-state index in [4.69, 9.17) is 16.0 Å². The smallest absolute Gasteiger partial charge is 0.156 e. The van der Waals surface area contributed by atoms with Crippen LogP contribution in [-0.2, 0) is 4.79 Å². The van der Waals surface area contributed by atoms with E-state index in [2.05, 4.69) is 0 Å². The van der Waals surface area contributed by atoms with Gasteiger partial charge in [-0.1, -0.05) is 11.6 Å². The molecule has 2 aromatic rings. The Labute approximate surface area is 110 Å². The molecule has 3 rings (SSSR count). The molecule has 0 saturated heterocycles. The molecule has 1 aromatic carbocycles. The van der Waals surface area contributed by atoms with E-state index in [1.165, 1.54) is 0 Å². The first-order valence-electron chi connectivity index (χ1n) is 6.15. The molecular weight excluding hydrogens is 248 g/mol. The van der Waals surface area contributed by atoms with Crippen molar-refractivity contribution in [1.29, 1.82) is 0 Å². The van der Waals surface area contributed by atoms with Crippen molar-refractivity contribution in [3.63, 3.8) is 0 Å². The predicted molar refractivity (Wildman–Crippen MR) is 72.7 cm³/mol. The van der Waals surface area contributed by atoms with Crippen molar-refractivity contribution in [2.24, 2.45) is 0 Å². The first kappa shape index (κ1) is 11.5. The molecule has 1 aromatic heterocycles. The van der Waals surface area contributed by atoms with Gasteiger partial charge in [0.1, 0.15) is 11.3 Å². The van der Waals surface area contributed by atoms with E-state index in [9.17, 15) is 4.79 Å². The van der Waals surface area contributed by atoms with Gasteiger partial charge in [-0.15, -0.1) is 0 Å². The van der Waals surface area contributed by atoms with Crippen molar-refractivity contribution in [3.8, 4) is 0 Å². The van der Waals surface area contributed by atoms with Crippen LogP contribution >= 0.6 is 11.6 Å². The summed E-state index contributed by atoms with van der Waals surface area (Å²) < 4.78 is 5.79. The lowest BCUT2D eigenvalue weighted by Gasteiger charge is -1.99. The predicted octanol–water partition coefficient (Wildman–Crippen LogP) is 4.61. The molecule has 0 bridgehead atoms. The third-order valence-electron chi connectivity index (χ3n) is 3.25. The average molecular weight is 261 g/mol. The summed E-state index contributed by atoms with van der Waals surface area (Å²) in [6, 6.07) is 7.51. The molecule has 92 valence electrons. The van der Waals surface area contributed by atoms with Gasteiger partial charge < -0.3 is 4.42 Å². The second-order valence-corrected chi connectivity index (χ2v) is 5.07. The minimum absolute atomic E-state index is 0.195. The highest BCUT2D eigenvalue weighted by atomic mass is 35.5. The van der Waals surface area contributed by atoms with Gasteiger partial charge in [0, 0.05) is 16.8 Å². The number of benzene rings is 1. The van der Waals surface area contributed by atoms with Crippen LogP contribution in [0.4, 0.5) is 0 Å². The Morgan fingerprint density at radius 3 is 2.83 bits per heavy atom. The Kier molecular flexibility index (Phi) is 2.96. The monoisotopic (exact) mass is 260 g/mol. The molecular formula is C15H13ClO2. The maximum Gasteiger partial charge on any atom is 0.156 e. The number of hydrogen-bond acceptors (Lipinski definition) is 2. The van der Waals surface area contributed by atoms with Crippen molar-refractivity contribution in [3.05, 3.63) is 41.1 Å². The Balaban J connectivity index is 2.05. The van der Waals surface area contributed by atoms with Gasteiger partial charge in [0.15, 0.2) is 5.78 Å². The molecule has 3 heteroatoms. The van der Waals surface area contributed by atoms with E-state index >= 15 is 0 Å². The summed E-state index contributed by atoms with van der Waals surface area (Å²) in [5.74, 6) is 0.989. The molecule has 0 spiro atoms. The molecule has 1 aliphatic carbocycles. The van der Waals surface area contributed by atoms with Gasteiger partial charge >= 0.3 is 0 Å². The van der Waals surface area contributed by atoms with Crippen molar-refractivity contribution in [1.82, 2.24) is 0 Å². The molecule has 0 N–H and O–H groups in total.